The molecule has 0 unspecified atom stereocenters. The van der Waals surface area contributed by atoms with Gasteiger partial charge in [0.05, 0.1) is 0 Å². The van der Waals surface area contributed by atoms with Crippen molar-refractivity contribution in [3.63, 3.8) is 0 Å². The van der Waals surface area contributed by atoms with Crippen molar-refractivity contribution in [3.8, 4) is 5.82 Å². The second-order valence-electron chi connectivity index (χ2n) is 4.98. The summed E-state index contributed by atoms with van der Waals surface area (Å²) in [5.41, 5.74) is 0. The molecule has 0 aliphatic rings. The van der Waals surface area contributed by atoms with Gasteiger partial charge in [0.1, 0.15) is 43.0 Å². The maximum absolute atomic E-state index is 11.7. The third-order valence-corrected chi connectivity index (χ3v) is 3.25. The minimum Gasteiger partial charge on any atom is -0.368 e. The molecule has 10 nitrogen and oxygen atoms in total. The lowest BCUT2D eigenvalue weighted by atomic mass is 10.4. The second-order valence-corrected chi connectivity index (χ2v) is 4.98. The summed E-state index contributed by atoms with van der Waals surface area (Å²) < 4.78 is 3.33. The van der Waals surface area contributed by atoms with Crippen LogP contribution in [0.25, 0.3) is 5.82 Å². The van der Waals surface area contributed by atoms with E-state index < -0.39 is 0 Å². The monoisotopic (exact) mass is 327 g/mol. The first-order chi connectivity index (χ1) is 11.7. The molecular formula is C14H17N9O. The van der Waals surface area contributed by atoms with Gasteiger partial charge in [-0.1, -0.05) is 0 Å². The molecule has 24 heavy (non-hydrogen) atoms. The van der Waals surface area contributed by atoms with E-state index in [-0.39, 0.29) is 12.5 Å². The van der Waals surface area contributed by atoms with Gasteiger partial charge < -0.3 is 10.6 Å². The summed E-state index contributed by atoms with van der Waals surface area (Å²) in [5.74, 6) is 2.14. The molecule has 1 amide bonds. The summed E-state index contributed by atoms with van der Waals surface area (Å²) >= 11 is 0. The zero-order valence-corrected chi connectivity index (χ0v) is 13.1. The molecule has 0 aromatic carbocycles. The van der Waals surface area contributed by atoms with Gasteiger partial charge in [-0.15, -0.1) is 0 Å². The number of hydrogen-bond acceptors (Lipinski definition) is 7. The number of aryl methyl sites for hydroxylation is 1. The van der Waals surface area contributed by atoms with Crippen LogP contribution < -0.4 is 10.6 Å². The maximum atomic E-state index is 11.7. The first kappa shape index (κ1) is 15.6. The van der Waals surface area contributed by atoms with Crippen molar-refractivity contribution in [2.45, 2.75) is 13.5 Å². The van der Waals surface area contributed by atoms with Crippen LogP contribution in [0.4, 0.5) is 5.82 Å². The fourth-order valence-corrected chi connectivity index (χ4v) is 2.11. The maximum Gasteiger partial charge on any atom is 0.241 e. The van der Waals surface area contributed by atoms with Gasteiger partial charge in [0.2, 0.25) is 5.91 Å². The van der Waals surface area contributed by atoms with E-state index in [1.165, 1.54) is 23.7 Å². The zero-order valence-electron chi connectivity index (χ0n) is 13.1. The molecular weight excluding hydrogens is 310 g/mol. The number of carbonyl (C=O) groups is 1. The SMILES string of the molecule is Cc1nccn1-c1cc(NCCNC(=O)Cn2cncn2)ncn1. The molecule has 0 saturated heterocycles. The van der Waals surface area contributed by atoms with Crippen molar-refractivity contribution in [2.75, 3.05) is 18.4 Å². The van der Waals surface area contributed by atoms with Crippen LogP contribution in [0.3, 0.4) is 0 Å². The lowest BCUT2D eigenvalue weighted by Crippen LogP contribution is -2.31. The van der Waals surface area contributed by atoms with Gasteiger partial charge in [-0.3, -0.25) is 9.36 Å². The molecule has 0 saturated carbocycles. The van der Waals surface area contributed by atoms with Crippen molar-refractivity contribution in [1.29, 1.82) is 0 Å². The molecule has 0 spiro atoms. The molecule has 124 valence electrons. The zero-order chi connectivity index (χ0) is 16.8. The van der Waals surface area contributed by atoms with E-state index in [9.17, 15) is 4.79 Å². The van der Waals surface area contributed by atoms with Gasteiger partial charge in [-0.2, -0.15) is 5.10 Å². The van der Waals surface area contributed by atoms with E-state index in [2.05, 4.69) is 35.7 Å². The minimum atomic E-state index is -0.125. The molecule has 0 aliphatic carbocycles. The highest BCUT2D eigenvalue weighted by atomic mass is 16.2. The summed E-state index contributed by atoms with van der Waals surface area (Å²) in [7, 11) is 0. The molecule has 3 heterocycles. The summed E-state index contributed by atoms with van der Waals surface area (Å²) in [6.45, 7) is 3.07. The molecule has 2 N–H and O–H groups in total. The molecule has 3 aromatic rings. The van der Waals surface area contributed by atoms with Gasteiger partial charge in [0.15, 0.2) is 0 Å². The molecule has 3 rings (SSSR count). The Kier molecular flexibility index (Phi) is 4.75. The number of nitrogens with zero attached hydrogens (tertiary/aromatic N) is 7. The number of hydrogen-bond donors (Lipinski definition) is 2. The average Bonchev–Trinajstić information content (AvgIpc) is 3.23. The summed E-state index contributed by atoms with van der Waals surface area (Å²) in [6, 6.07) is 1.83. The molecule has 0 bridgehead atoms. The van der Waals surface area contributed by atoms with E-state index in [1.807, 2.05) is 23.8 Å². The summed E-state index contributed by atoms with van der Waals surface area (Å²) in [5, 5.41) is 9.82. The molecule has 0 fully saturated rings. The number of carbonyl (C=O) groups excluding carboxylic acids is 1. The van der Waals surface area contributed by atoms with Crippen LogP contribution in [0.1, 0.15) is 5.82 Å². The third-order valence-electron chi connectivity index (χ3n) is 3.25. The van der Waals surface area contributed by atoms with Crippen LogP contribution in [0.15, 0.2) is 37.4 Å². The van der Waals surface area contributed by atoms with Crippen molar-refractivity contribution < 1.29 is 4.79 Å². The molecule has 0 aliphatic heterocycles. The van der Waals surface area contributed by atoms with Crippen LogP contribution >= 0.6 is 0 Å². The Balaban J connectivity index is 1.47. The fraction of sp³-hybridized carbons (Fsp3) is 0.286. The Morgan fingerprint density at radius 3 is 2.88 bits per heavy atom. The molecule has 0 radical (unpaired) electrons. The van der Waals surface area contributed by atoms with Crippen LogP contribution in [0, 0.1) is 6.92 Å². The van der Waals surface area contributed by atoms with E-state index in [1.54, 1.807) is 6.20 Å². The van der Waals surface area contributed by atoms with Crippen LogP contribution in [0.2, 0.25) is 0 Å². The number of amides is 1. The number of imidazole rings is 1. The van der Waals surface area contributed by atoms with E-state index in [4.69, 9.17) is 0 Å². The largest absolute Gasteiger partial charge is 0.368 e. The number of aromatic nitrogens is 7. The Morgan fingerprint density at radius 2 is 2.12 bits per heavy atom. The normalized spacial score (nSPS) is 10.5. The van der Waals surface area contributed by atoms with Crippen molar-refractivity contribution in [1.82, 2.24) is 39.6 Å². The van der Waals surface area contributed by atoms with E-state index >= 15 is 0 Å². The molecule has 10 heteroatoms. The van der Waals surface area contributed by atoms with Gasteiger partial charge in [-0.25, -0.2) is 24.6 Å². The standard InChI is InChI=1S/C14H17N9O/c1-11-16-4-5-23(11)13-6-12(19-9-20-13)17-2-3-18-14(24)7-22-10-15-8-21-22/h4-6,8-10H,2-3,7H2,1H3,(H,18,24)(H,17,19,20). The quantitative estimate of drug-likeness (QED) is 0.577. The Bertz CT molecular complexity index is 796. The Hall–Kier alpha value is -3.30. The summed E-state index contributed by atoms with van der Waals surface area (Å²) in [4.78, 5) is 28.1. The van der Waals surface area contributed by atoms with Crippen molar-refractivity contribution in [2.24, 2.45) is 0 Å². The predicted molar refractivity (Wildman–Crippen MR) is 85.4 cm³/mol. The molecule has 0 atom stereocenters. The Labute approximate surface area is 138 Å². The minimum absolute atomic E-state index is 0.125. The highest BCUT2D eigenvalue weighted by Gasteiger charge is 2.05. The number of anilines is 1. The fourth-order valence-electron chi connectivity index (χ4n) is 2.11. The van der Waals surface area contributed by atoms with Gasteiger partial charge in [0.25, 0.3) is 0 Å². The van der Waals surface area contributed by atoms with Crippen molar-refractivity contribution in [3.05, 3.63) is 43.3 Å². The topological polar surface area (TPSA) is 115 Å². The van der Waals surface area contributed by atoms with Gasteiger partial charge >= 0.3 is 0 Å². The molecule has 3 aromatic heterocycles. The predicted octanol–water partition coefficient (Wildman–Crippen LogP) is -0.209. The van der Waals surface area contributed by atoms with Gasteiger partial charge in [-0.05, 0) is 6.92 Å². The first-order valence-electron chi connectivity index (χ1n) is 7.38. The Morgan fingerprint density at radius 1 is 1.21 bits per heavy atom. The highest BCUT2D eigenvalue weighted by Crippen LogP contribution is 2.10. The number of nitrogens with one attached hydrogen (secondary N) is 2. The van der Waals surface area contributed by atoms with Crippen molar-refractivity contribution >= 4 is 11.7 Å². The highest BCUT2D eigenvalue weighted by molar-refractivity contribution is 5.75. The third kappa shape index (κ3) is 3.91. The smallest absolute Gasteiger partial charge is 0.241 e. The second kappa shape index (κ2) is 7.31. The lowest BCUT2D eigenvalue weighted by molar-refractivity contribution is -0.121. The first-order valence-corrected chi connectivity index (χ1v) is 7.38. The van der Waals surface area contributed by atoms with Gasteiger partial charge in [0, 0.05) is 31.5 Å². The van der Waals surface area contributed by atoms with Crippen LogP contribution in [0.5, 0.6) is 0 Å². The van der Waals surface area contributed by atoms with E-state index in [0.29, 0.717) is 18.9 Å². The lowest BCUT2D eigenvalue weighted by Gasteiger charge is -2.09. The van der Waals surface area contributed by atoms with E-state index in [0.717, 1.165) is 11.6 Å². The summed E-state index contributed by atoms with van der Waals surface area (Å²) in [6.07, 6.45) is 7.93. The van der Waals surface area contributed by atoms with Crippen LogP contribution in [-0.2, 0) is 11.3 Å². The number of rotatable bonds is 7. The average molecular weight is 327 g/mol. The van der Waals surface area contributed by atoms with Crippen LogP contribution in [-0.4, -0.2) is 53.3 Å².